The van der Waals surface area contributed by atoms with Crippen molar-refractivity contribution in [1.82, 2.24) is 9.88 Å². The molecule has 136 valence electrons. The van der Waals surface area contributed by atoms with Gasteiger partial charge in [0.2, 0.25) is 6.41 Å². The Kier molecular flexibility index (Phi) is 5.42. The molecule has 1 amide bonds. The Morgan fingerprint density at radius 2 is 2.16 bits per heavy atom. The first kappa shape index (κ1) is 18.7. The number of rotatable bonds is 4. The van der Waals surface area contributed by atoms with Crippen LogP contribution in [0.5, 0.6) is 0 Å². The minimum absolute atomic E-state index is 0.0719. The number of anilines is 1. The highest BCUT2D eigenvalue weighted by atomic mass is 79.9. The number of aromatic nitrogens is 1. The number of carbonyl (C=O) groups excluding carboxylic acids is 1. The van der Waals surface area contributed by atoms with Crippen LogP contribution in [0.25, 0.3) is 5.70 Å². The van der Waals surface area contributed by atoms with Crippen molar-refractivity contribution in [2.24, 2.45) is 0 Å². The van der Waals surface area contributed by atoms with Crippen molar-refractivity contribution < 1.29 is 9.53 Å². The first-order valence-electron chi connectivity index (χ1n) is 8.42. The molecule has 0 radical (unpaired) electrons. The fourth-order valence-corrected chi connectivity index (χ4v) is 3.86. The van der Waals surface area contributed by atoms with E-state index in [0.717, 1.165) is 55.0 Å². The third kappa shape index (κ3) is 3.57. The van der Waals surface area contributed by atoms with Gasteiger partial charge in [-0.1, -0.05) is 27.5 Å². The quantitative estimate of drug-likeness (QED) is 0.414. The summed E-state index contributed by atoms with van der Waals surface area (Å²) in [5, 5.41) is 0. The van der Waals surface area contributed by atoms with E-state index in [2.05, 4.69) is 32.7 Å². The lowest BCUT2D eigenvalue weighted by Crippen LogP contribution is -2.44. The Hall–Kier alpha value is -1.11. The van der Waals surface area contributed by atoms with Crippen LogP contribution in [0.3, 0.4) is 0 Å². The Morgan fingerprint density at radius 1 is 1.48 bits per heavy atom. The third-order valence-corrected chi connectivity index (χ3v) is 6.00. The number of piperidine rings is 1. The van der Waals surface area contributed by atoms with E-state index in [4.69, 9.17) is 16.3 Å². The molecule has 2 unspecified atom stereocenters. The van der Waals surface area contributed by atoms with E-state index < -0.39 is 5.50 Å². The van der Waals surface area contributed by atoms with Gasteiger partial charge in [0.15, 0.2) is 0 Å². The molecule has 1 fully saturated rings. The van der Waals surface area contributed by atoms with Crippen LogP contribution in [0, 0.1) is 0 Å². The Balaban J connectivity index is 1.97. The van der Waals surface area contributed by atoms with Crippen molar-refractivity contribution in [3.63, 3.8) is 0 Å². The van der Waals surface area contributed by atoms with E-state index in [9.17, 15) is 4.79 Å². The largest absolute Gasteiger partial charge is 0.378 e. The molecule has 0 N–H and O–H groups in total. The van der Waals surface area contributed by atoms with E-state index >= 15 is 0 Å². The number of likely N-dealkylation sites (tertiary alicyclic amines) is 1. The number of amides is 1. The van der Waals surface area contributed by atoms with Crippen LogP contribution in [0.15, 0.2) is 18.3 Å². The topological polar surface area (TPSA) is 45.7 Å². The molecule has 7 heteroatoms. The Bertz CT molecular complexity index is 687. The van der Waals surface area contributed by atoms with Crippen LogP contribution in [-0.4, -0.2) is 47.6 Å². The second-order valence-corrected chi connectivity index (χ2v) is 8.64. The van der Waals surface area contributed by atoms with Gasteiger partial charge >= 0.3 is 0 Å². The van der Waals surface area contributed by atoms with Gasteiger partial charge in [-0.25, -0.2) is 0 Å². The van der Waals surface area contributed by atoms with Gasteiger partial charge in [0.1, 0.15) is 5.50 Å². The van der Waals surface area contributed by atoms with Crippen molar-refractivity contribution in [2.45, 2.75) is 42.6 Å². The molecule has 0 aromatic carbocycles. The summed E-state index contributed by atoms with van der Waals surface area (Å²) in [6.07, 6.45) is 6.36. The number of halogens is 2. The van der Waals surface area contributed by atoms with Crippen molar-refractivity contribution in [3.8, 4) is 0 Å². The third-order valence-electron chi connectivity index (χ3n) is 5.20. The Labute approximate surface area is 162 Å². The van der Waals surface area contributed by atoms with Crippen LogP contribution in [-0.2, 0) is 9.53 Å². The molecular weight excluding hydrogens is 406 g/mol. The van der Waals surface area contributed by atoms with Gasteiger partial charge in [-0.05, 0) is 38.8 Å². The molecule has 0 spiro atoms. The molecule has 25 heavy (non-hydrogen) atoms. The summed E-state index contributed by atoms with van der Waals surface area (Å²) < 4.78 is 5.65. The molecule has 2 atom stereocenters. The first-order valence-corrected chi connectivity index (χ1v) is 9.78. The number of methoxy groups -OCH3 is 1. The number of hydrogen-bond donors (Lipinski definition) is 0. The second kappa shape index (κ2) is 7.25. The minimum Gasteiger partial charge on any atom is -0.378 e. The van der Waals surface area contributed by atoms with Crippen molar-refractivity contribution in [3.05, 3.63) is 29.6 Å². The first-order chi connectivity index (χ1) is 11.9. The SMILES string of the molecule is COC1(C)CCN(C2=CC(Cl)N(C=O)c3cnc(C(C)Br)cc32)CC1. The monoisotopic (exact) mass is 427 g/mol. The maximum Gasteiger partial charge on any atom is 0.215 e. The smallest absolute Gasteiger partial charge is 0.215 e. The minimum atomic E-state index is -0.509. The molecule has 2 aliphatic rings. The van der Waals surface area contributed by atoms with Gasteiger partial charge in [-0.3, -0.25) is 14.7 Å². The summed E-state index contributed by atoms with van der Waals surface area (Å²) in [5.41, 5.74) is 3.18. The summed E-state index contributed by atoms with van der Waals surface area (Å²) in [7, 11) is 1.77. The highest BCUT2D eigenvalue weighted by Gasteiger charge is 2.34. The standard InChI is InChI=1S/C18H23BrClN3O2/c1-12(19)14-8-13-15(22-6-4-18(2,25-3)5-7-22)9-17(20)23(11-24)16(13)10-21-14/h8-12,17H,4-7H2,1-3H3. The number of carbonyl (C=O) groups is 1. The predicted octanol–water partition coefficient (Wildman–Crippen LogP) is 3.92. The lowest BCUT2D eigenvalue weighted by molar-refractivity contribution is -0.107. The highest BCUT2D eigenvalue weighted by molar-refractivity contribution is 9.09. The number of pyridine rings is 1. The number of alkyl halides is 2. The zero-order chi connectivity index (χ0) is 18.2. The molecule has 1 saturated heterocycles. The average molecular weight is 429 g/mol. The second-order valence-electron chi connectivity index (χ2n) is 6.82. The van der Waals surface area contributed by atoms with E-state index in [1.54, 1.807) is 13.3 Å². The zero-order valence-corrected chi connectivity index (χ0v) is 17.0. The van der Waals surface area contributed by atoms with Crippen LogP contribution >= 0.6 is 27.5 Å². The average Bonchev–Trinajstić information content (AvgIpc) is 2.61. The van der Waals surface area contributed by atoms with E-state index in [1.807, 2.05) is 19.1 Å². The molecule has 0 aliphatic carbocycles. The van der Waals surface area contributed by atoms with E-state index in [0.29, 0.717) is 0 Å². The number of nitrogens with zero attached hydrogens (tertiary/aromatic N) is 3. The normalized spacial score (nSPS) is 23.7. The number of ether oxygens (including phenoxy) is 1. The van der Waals surface area contributed by atoms with Crippen molar-refractivity contribution >= 4 is 45.3 Å². The summed E-state index contributed by atoms with van der Waals surface area (Å²) in [4.78, 5) is 20.0. The van der Waals surface area contributed by atoms with Gasteiger partial charge in [0, 0.05) is 31.5 Å². The number of fused-ring (bicyclic) bond motifs is 1. The fourth-order valence-electron chi connectivity index (χ4n) is 3.34. The van der Waals surface area contributed by atoms with Gasteiger partial charge in [-0.15, -0.1) is 0 Å². The lowest BCUT2D eigenvalue weighted by Gasteiger charge is -2.42. The molecule has 1 aromatic heterocycles. The summed E-state index contributed by atoms with van der Waals surface area (Å²) in [6.45, 7) is 5.97. The fraction of sp³-hybridized carbons (Fsp3) is 0.556. The van der Waals surface area contributed by atoms with Crippen molar-refractivity contribution in [2.75, 3.05) is 25.1 Å². The molecule has 0 bridgehead atoms. The maximum absolute atomic E-state index is 11.5. The lowest BCUT2D eigenvalue weighted by atomic mass is 9.92. The van der Waals surface area contributed by atoms with E-state index in [1.165, 1.54) is 4.90 Å². The van der Waals surface area contributed by atoms with Crippen molar-refractivity contribution in [1.29, 1.82) is 0 Å². The molecule has 3 rings (SSSR count). The van der Waals surface area contributed by atoms with Crippen LogP contribution in [0.4, 0.5) is 5.69 Å². The summed E-state index contributed by atoms with van der Waals surface area (Å²) >= 11 is 10.0. The molecular formula is C18H23BrClN3O2. The molecule has 1 aromatic rings. The molecule has 0 saturated carbocycles. The van der Waals surface area contributed by atoms with Crippen LogP contribution in [0.2, 0.25) is 0 Å². The van der Waals surface area contributed by atoms with Gasteiger partial charge in [0.05, 0.1) is 28.0 Å². The maximum atomic E-state index is 11.5. The summed E-state index contributed by atoms with van der Waals surface area (Å²) in [6, 6.07) is 2.05. The zero-order valence-electron chi connectivity index (χ0n) is 14.7. The highest BCUT2D eigenvalue weighted by Crippen LogP contribution is 2.40. The Morgan fingerprint density at radius 3 is 2.72 bits per heavy atom. The van der Waals surface area contributed by atoms with Gasteiger partial charge in [0.25, 0.3) is 0 Å². The summed E-state index contributed by atoms with van der Waals surface area (Å²) in [5.74, 6) is 0. The van der Waals surface area contributed by atoms with Crippen LogP contribution in [0.1, 0.15) is 42.8 Å². The van der Waals surface area contributed by atoms with Gasteiger partial charge < -0.3 is 9.64 Å². The number of hydrogen-bond acceptors (Lipinski definition) is 4. The van der Waals surface area contributed by atoms with E-state index in [-0.39, 0.29) is 10.4 Å². The predicted molar refractivity (Wildman–Crippen MR) is 104 cm³/mol. The van der Waals surface area contributed by atoms with Crippen LogP contribution < -0.4 is 4.90 Å². The molecule has 3 heterocycles. The molecule has 5 nitrogen and oxygen atoms in total. The van der Waals surface area contributed by atoms with Gasteiger partial charge in [-0.2, -0.15) is 0 Å². The molecule has 2 aliphatic heterocycles.